The van der Waals surface area contributed by atoms with E-state index in [2.05, 4.69) is 36.3 Å². The average Bonchev–Trinajstić information content (AvgIpc) is 2.82. The van der Waals surface area contributed by atoms with E-state index in [0.717, 1.165) is 17.2 Å². The van der Waals surface area contributed by atoms with Crippen LogP contribution in [0.2, 0.25) is 5.28 Å². The Labute approximate surface area is 145 Å². The van der Waals surface area contributed by atoms with Crippen LogP contribution in [0, 0.1) is 0 Å². The van der Waals surface area contributed by atoms with Gasteiger partial charge < -0.3 is 5.32 Å². The van der Waals surface area contributed by atoms with Gasteiger partial charge in [-0.25, -0.2) is 13.4 Å². The minimum atomic E-state index is -3.46. The molecule has 0 fully saturated rings. The van der Waals surface area contributed by atoms with Crippen LogP contribution in [-0.4, -0.2) is 34.4 Å². The van der Waals surface area contributed by atoms with E-state index in [1.165, 1.54) is 6.20 Å². The van der Waals surface area contributed by atoms with E-state index >= 15 is 0 Å². The van der Waals surface area contributed by atoms with Crippen LogP contribution in [0.5, 0.6) is 0 Å². The zero-order valence-corrected chi connectivity index (χ0v) is 15.2. The fourth-order valence-electron chi connectivity index (χ4n) is 2.15. The molecule has 0 unspecified atom stereocenters. The third-order valence-electron chi connectivity index (χ3n) is 3.21. The lowest BCUT2D eigenvalue weighted by Crippen LogP contribution is -2.05. The van der Waals surface area contributed by atoms with Crippen molar-refractivity contribution >= 4 is 59.8 Å². The number of aryl methyl sites for hydroxylation is 1. The highest BCUT2D eigenvalue weighted by atomic mass is 79.9. The number of hydrogen-bond acceptors (Lipinski definition) is 6. The molecule has 0 spiro atoms. The molecule has 0 amide bonds. The van der Waals surface area contributed by atoms with E-state index in [1.807, 2.05) is 0 Å². The Hall–Kier alpha value is -1.71. The number of nitrogens with one attached hydrogen (secondary N) is 1. The van der Waals surface area contributed by atoms with Gasteiger partial charge >= 0.3 is 0 Å². The maximum atomic E-state index is 12.1. The zero-order chi connectivity index (χ0) is 16.8. The minimum Gasteiger partial charge on any atom is -0.338 e. The van der Waals surface area contributed by atoms with Gasteiger partial charge in [0.05, 0.1) is 26.8 Å². The first kappa shape index (κ1) is 16.2. The smallest absolute Gasteiger partial charge is 0.224 e. The molecule has 0 aliphatic rings. The van der Waals surface area contributed by atoms with E-state index in [9.17, 15) is 8.42 Å². The summed E-state index contributed by atoms with van der Waals surface area (Å²) in [4.78, 5) is 8.05. The van der Waals surface area contributed by atoms with Gasteiger partial charge in [-0.2, -0.15) is 10.1 Å². The van der Waals surface area contributed by atoms with Gasteiger partial charge in [0, 0.05) is 24.9 Å². The van der Waals surface area contributed by atoms with Crippen LogP contribution in [0.4, 0.5) is 11.5 Å². The minimum absolute atomic E-state index is 0.0547. The topological polar surface area (TPSA) is 89.8 Å². The van der Waals surface area contributed by atoms with Crippen LogP contribution in [0.15, 0.2) is 33.9 Å². The molecule has 23 heavy (non-hydrogen) atoms. The lowest BCUT2D eigenvalue weighted by atomic mass is 10.2. The fourth-order valence-corrected chi connectivity index (χ4v) is 3.40. The number of aromatic nitrogens is 4. The number of anilines is 2. The van der Waals surface area contributed by atoms with Crippen molar-refractivity contribution in [3.8, 4) is 0 Å². The van der Waals surface area contributed by atoms with Crippen LogP contribution in [-0.2, 0) is 16.9 Å². The molecule has 2 heterocycles. The average molecular weight is 417 g/mol. The first-order chi connectivity index (χ1) is 10.8. The zero-order valence-electron chi connectivity index (χ0n) is 12.1. The molecular formula is C13H11BrClN5O2S. The van der Waals surface area contributed by atoms with Gasteiger partial charge in [-0.05, 0) is 39.7 Å². The molecule has 0 aliphatic heterocycles. The highest BCUT2D eigenvalue weighted by Crippen LogP contribution is 2.32. The van der Waals surface area contributed by atoms with Crippen molar-refractivity contribution in [2.75, 3.05) is 11.6 Å². The molecule has 0 bridgehead atoms. The van der Waals surface area contributed by atoms with Crippen molar-refractivity contribution in [3.05, 3.63) is 34.3 Å². The Morgan fingerprint density at radius 3 is 2.74 bits per heavy atom. The molecular weight excluding hydrogens is 406 g/mol. The number of halogens is 2. The van der Waals surface area contributed by atoms with Gasteiger partial charge in [0.15, 0.2) is 9.84 Å². The fraction of sp³-hybridized carbons (Fsp3) is 0.154. The molecule has 0 radical (unpaired) electrons. The Morgan fingerprint density at radius 1 is 1.30 bits per heavy atom. The number of benzene rings is 1. The summed E-state index contributed by atoms with van der Waals surface area (Å²) in [6, 6.07) is 3.29. The number of nitrogens with zero attached hydrogens (tertiary/aromatic N) is 4. The van der Waals surface area contributed by atoms with E-state index in [4.69, 9.17) is 11.6 Å². The Bertz CT molecular complexity index is 1020. The first-order valence-corrected chi connectivity index (χ1v) is 9.43. The summed E-state index contributed by atoms with van der Waals surface area (Å²) in [7, 11) is -1.71. The van der Waals surface area contributed by atoms with Crippen LogP contribution in [0.3, 0.4) is 0 Å². The van der Waals surface area contributed by atoms with Crippen LogP contribution in [0.1, 0.15) is 0 Å². The number of fused-ring (bicyclic) bond motifs is 1. The maximum absolute atomic E-state index is 12.1. The van der Waals surface area contributed by atoms with Gasteiger partial charge in [-0.15, -0.1) is 0 Å². The molecule has 2 aromatic heterocycles. The van der Waals surface area contributed by atoms with Gasteiger partial charge in [0.1, 0.15) is 5.82 Å². The Balaban J connectivity index is 2.21. The van der Waals surface area contributed by atoms with E-state index in [1.54, 1.807) is 30.1 Å². The summed E-state index contributed by atoms with van der Waals surface area (Å²) in [5, 5.41) is 7.99. The van der Waals surface area contributed by atoms with Crippen LogP contribution < -0.4 is 5.32 Å². The Kier molecular flexibility index (Phi) is 4.03. The molecule has 1 N–H and O–H groups in total. The number of rotatable bonds is 3. The Morgan fingerprint density at radius 2 is 2.04 bits per heavy atom. The second-order valence-corrected chi connectivity index (χ2v) is 8.08. The molecule has 0 saturated heterocycles. The number of hydrogen-bond donors (Lipinski definition) is 1. The van der Waals surface area contributed by atoms with Gasteiger partial charge in [0.25, 0.3) is 0 Å². The first-order valence-electron chi connectivity index (χ1n) is 6.36. The van der Waals surface area contributed by atoms with Crippen molar-refractivity contribution in [1.29, 1.82) is 0 Å². The molecule has 1 aromatic carbocycles. The third kappa shape index (κ3) is 3.17. The quantitative estimate of drug-likeness (QED) is 0.660. The predicted molar refractivity (Wildman–Crippen MR) is 91.8 cm³/mol. The van der Waals surface area contributed by atoms with Gasteiger partial charge in [-0.1, -0.05) is 0 Å². The molecule has 3 aromatic rings. The second kappa shape index (κ2) is 5.73. The summed E-state index contributed by atoms with van der Waals surface area (Å²) < 4.78 is 26.4. The summed E-state index contributed by atoms with van der Waals surface area (Å²) in [5.74, 6) is 0.373. The predicted octanol–water partition coefficient (Wildman–Crippen LogP) is 2.93. The van der Waals surface area contributed by atoms with Crippen molar-refractivity contribution in [2.24, 2.45) is 7.05 Å². The van der Waals surface area contributed by atoms with Crippen LogP contribution >= 0.6 is 27.5 Å². The maximum Gasteiger partial charge on any atom is 0.224 e. The molecule has 7 nitrogen and oxygen atoms in total. The van der Waals surface area contributed by atoms with Crippen molar-refractivity contribution in [2.45, 2.75) is 4.90 Å². The van der Waals surface area contributed by atoms with Gasteiger partial charge in [0.2, 0.25) is 5.28 Å². The molecule has 10 heteroatoms. The third-order valence-corrected chi connectivity index (χ3v) is 5.11. The number of sulfone groups is 1. The SMILES string of the molecule is Cn1ncc2cc(Nc3nc(Cl)ncc3Br)c(S(C)(=O)=O)cc21. The second-order valence-electron chi connectivity index (χ2n) is 4.91. The van der Waals surface area contributed by atoms with Crippen LogP contribution in [0.25, 0.3) is 10.9 Å². The summed E-state index contributed by atoms with van der Waals surface area (Å²) in [6.45, 7) is 0. The van der Waals surface area contributed by atoms with Crippen molar-refractivity contribution < 1.29 is 8.42 Å². The summed E-state index contributed by atoms with van der Waals surface area (Å²) in [6.07, 6.45) is 4.30. The molecule has 0 saturated carbocycles. The van der Waals surface area contributed by atoms with Crippen molar-refractivity contribution in [3.63, 3.8) is 0 Å². The molecule has 3 rings (SSSR count). The van der Waals surface area contributed by atoms with E-state index in [-0.39, 0.29) is 10.2 Å². The highest BCUT2D eigenvalue weighted by Gasteiger charge is 2.18. The van der Waals surface area contributed by atoms with Crippen molar-refractivity contribution in [1.82, 2.24) is 19.7 Å². The van der Waals surface area contributed by atoms with Gasteiger partial charge in [-0.3, -0.25) is 4.68 Å². The molecule has 0 atom stereocenters. The standard InChI is InChI=1S/C13H11BrClN5O2S/c1-20-10-4-11(23(2,21)22)9(3-7(10)5-17-20)18-12-8(14)6-16-13(15)19-12/h3-6H,1-2H3,(H,16,18,19). The van der Waals surface area contributed by atoms with E-state index < -0.39 is 9.84 Å². The monoisotopic (exact) mass is 415 g/mol. The lowest BCUT2D eigenvalue weighted by molar-refractivity contribution is 0.602. The molecule has 120 valence electrons. The normalized spacial score (nSPS) is 11.8. The van der Waals surface area contributed by atoms with E-state index in [0.29, 0.717) is 16.0 Å². The lowest BCUT2D eigenvalue weighted by Gasteiger charge is -2.12. The largest absolute Gasteiger partial charge is 0.338 e. The molecule has 0 aliphatic carbocycles. The summed E-state index contributed by atoms with van der Waals surface area (Å²) in [5.41, 5.74) is 1.11. The summed E-state index contributed by atoms with van der Waals surface area (Å²) >= 11 is 9.10. The highest BCUT2D eigenvalue weighted by molar-refractivity contribution is 9.10.